The van der Waals surface area contributed by atoms with Crippen LogP contribution < -0.4 is 0 Å². The third-order valence-electron chi connectivity index (χ3n) is 5.72. The molecular formula is C15H22O2. The van der Waals surface area contributed by atoms with Crippen LogP contribution in [-0.2, 0) is 9.53 Å². The van der Waals surface area contributed by atoms with Gasteiger partial charge in [-0.3, -0.25) is 4.79 Å². The van der Waals surface area contributed by atoms with Gasteiger partial charge in [-0.15, -0.1) is 0 Å². The number of Topliss-reactive ketones (excluding diaryl/α,β-unsaturated/α-hetero) is 1. The Labute approximate surface area is 103 Å². The molecule has 3 aliphatic rings. The lowest BCUT2D eigenvalue weighted by molar-refractivity contribution is -0.382. The Hall–Kier alpha value is -0.630. The van der Waals surface area contributed by atoms with Gasteiger partial charge in [-0.1, -0.05) is 32.9 Å². The van der Waals surface area contributed by atoms with E-state index in [1.54, 1.807) is 0 Å². The summed E-state index contributed by atoms with van der Waals surface area (Å²) in [4.78, 5) is 12.6. The predicted molar refractivity (Wildman–Crippen MR) is 66.6 cm³/mol. The molecule has 1 aliphatic heterocycles. The molecule has 1 spiro atoms. The van der Waals surface area contributed by atoms with Crippen molar-refractivity contribution in [3.8, 4) is 0 Å². The van der Waals surface area contributed by atoms with E-state index >= 15 is 0 Å². The molecule has 3 rings (SSSR count). The summed E-state index contributed by atoms with van der Waals surface area (Å²) in [5.74, 6) is 0.805. The van der Waals surface area contributed by atoms with Gasteiger partial charge in [0.15, 0.2) is 0 Å². The van der Waals surface area contributed by atoms with E-state index < -0.39 is 0 Å². The van der Waals surface area contributed by atoms with Gasteiger partial charge in [0.1, 0.15) is 5.78 Å². The van der Waals surface area contributed by atoms with E-state index in [4.69, 9.17) is 4.74 Å². The minimum Gasteiger partial charge on any atom is -0.373 e. The lowest BCUT2D eigenvalue weighted by Gasteiger charge is -2.76. The van der Waals surface area contributed by atoms with Gasteiger partial charge in [-0.05, 0) is 19.8 Å². The number of ether oxygens (including phenoxy) is 1. The van der Waals surface area contributed by atoms with Crippen LogP contribution in [0.4, 0.5) is 0 Å². The molecule has 3 fully saturated rings. The van der Waals surface area contributed by atoms with Gasteiger partial charge in [0.05, 0.1) is 18.1 Å². The van der Waals surface area contributed by atoms with Crippen molar-refractivity contribution in [2.45, 2.75) is 46.1 Å². The van der Waals surface area contributed by atoms with Gasteiger partial charge < -0.3 is 4.74 Å². The zero-order valence-corrected chi connectivity index (χ0v) is 11.3. The molecule has 2 aliphatic carbocycles. The summed E-state index contributed by atoms with van der Waals surface area (Å²) < 4.78 is 5.91. The van der Waals surface area contributed by atoms with Crippen LogP contribution in [0.3, 0.4) is 0 Å². The molecule has 0 bridgehead atoms. The van der Waals surface area contributed by atoms with Crippen molar-refractivity contribution >= 4 is 5.78 Å². The first kappa shape index (κ1) is 11.5. The zero-order chi connectivity index (χ0) is 12.6. The molecule has 0 aromatic heterocycles. The molecule has 0 radical (unpaired) electrons. The topological polar surface area (TPSA) is 26.3 Å². The predicted octanol–water partition coefficient (Wildman–Crippen LogP) is 2.97. The lowest BCUT2D eigenvalue weighted by Crippen LogP contribution is -2.83. The summed E-state index contributed by atoms with van der Waals surface area (Å²) in [6, 6.07) is 0. The maximum atomic E-state index is 12.6. The monoisotopic (exact) mass is 234 g/mol. The summed E-state index contributed by atoms with van der Waals surface area (Å²) in [7, 11) is 0. The summed E-state index contributed by atoms with van der Waals surface area (Å²) >= 11 is 0. The Bertz CT molecular complexity index is 423. The molecule has 0 amide bonds. The Morgan fingerprint density at radius 1 is 1.35 bits per heavy atom. The van der Waals surface area contributed by atoms with Crippen molar-refractivity contribution in [2.75, 3.05) is 6.61 Å². The highest BCUT2D eigenvalue weighted by molar-refractivity contribution is 5.91. The number of ketones is 1. The second-order valence-corrected chi connectivity index (χ2v) is 7.15. The molecule has 0 aromatic rings. The number of carbonyl (C=O) groups excluding carboxylic acids is 1. The average molecular weight is 234 g/mol. The van der Waals surface area contributed by atoms with E-state index in [0.29, 0.717) is 11.7 Å². The third-order valence-corrected chi connectivity index (χ3v) is 5.72. The normalized spacial score (nSPS) is 50.7. The molecule has 4 unspecified atom stereocenters. The summed E-state index contributed by atoms with van der Waals surface area (Å²) in [5, 5.41) is 0. The van der Waals surface area contributed by atoms with Gasteiger partial charge in [-0.2, -0.15) is 0 Å². The van der Waals surface area contributed by atoms with Gasteiger partial charge in [0, 0.05) is 16.7 Å². The van der Waals surface area contributed by atoms with Gasteiger partial charge in [0.25, 0.3) is 0 Å². The van der Waals surface area contributed by atoms with Crippen LogP contribution in [0, 0.1) is 22.7 Å². The van der Waals surface area contributed by atoms with E-state index in [9.17, 15) is 4.79 Å². The van der Waals surface area contributed by atoms with Crippen LogP contribution >= 0.6 is 0 Å². The Morgan fingerprint density at radius 3 is 2.47 bits per heavy atom. The summed E-state index contributed by atoms with van der Waals surface area (Å²) in [6.45, 7) is 13.4. The highest BCUT2D eigenvalue weighted by Crippen LogP contribution is 2.73. The maximum Gasteiger partial charge on any atom is 0.145 e. The smallest absolute Gasteiger partial charge is 0.145 e. The first-order valence-corrected chi connectivity index (χ1v) is 6.60. The second-order valence-electron chi connectivity index (χ2n) is 7.15. The maximum absolute atomic E-state index is 12.6. The minimum atomic E-state index is -0.177. The van der Waals surface area contributed by atoms with Gasteiger partial charge >= 0.3 is 0 Å². The fourth-order valence-electron chi connectivity index (χ4n) is 4.57. The molecule has 2 heteroatoms. The van der Waals surface area contributed by atoms with E-state index in [2.05, 4.69) is 34.3 Å². The van der Waals surface area contributed by atoms with Crippen LogP contribution in [-0.4, -0.2) is 18.0 Å². The molecular weight excluding hydrogens is 212 g/mol. The lowest BCUT2D eigenvalue weighted by atomic mass is 9.35. The third kappa shape index (κ3) is 1.00. The number of rotatable bonds is 1. The van der Waals surface area contributed by atoms with Crippen LogP contribution in [0.2, 0.25) is 0 Å². The van der Waals surface area contributed by atoms with Crippen molar-refractivity contribution in [3.63, 3.8) is 0 Å². The fraction of sp³-hybridized carbons (Fsp3) is 0.800. The Balaban J connectivity index is 2.02. The number of allylic oxidation sites excluding steroid dienone is 1. The quantitative estimate of drug-likeness (QED) is 0.652. The SMILES string of the molecule is C=C(C)C1C2C(=O)C(C)(C)CCC23OCC13C. The van der Waals surface area contributed by atoms with E-state index in [0.717, 1.165) is 25.0 Å². The van der Waals surface area contributed by atoms with Crippen molar-refractivity contribution in [3.05, 3.63) is 12.2 Å². The van der Waals surface area contributed by atoms with Crippen LogP contribution in [0.25, 0.3) is 0 Å². The second kappa shape index (κ2) is 2.85. The Morgan fingerprint density at radius 2 is 2.00 bits per heavy atom. The van der Waals surface area contributed by atoms with Gasteiger partial charge in [0.2, 0.25) is 0 Å². The first-order chi connectivity index (χ1) is 7.76. The van der Waals surface area contributed by atoms with E-state index in [1.807, 2.05) is 0 Å². The van der Waals surface area contributed by atoms with Crippen LogP contribution in [0.1, 0.15) is 40.5 Å². The van der Waals surface area contributed by atoms with Crippen molar-refractivity contribution in [2.24, 2.45) is 22.7 Å². The van der Waals surface area contributed by atoms with E-state index in [1.165, 1.54) is 0 Å². The average Bonchev–Trinajstić information content (AvgIpc) is 2.23. The number of hydrogen-bond acceptors (Lipinski definition) is 2. The zero-order valence-electron chi connectivity index (χ0n) is 11.3. The highest BCUT2D eigenvalue weighted by atomic mass is 16.5. The Kier molecular flexibility index (Phi) is 1.92. The molecule has 94 valence electrons. The van der Waals surface area contributed by atoms with E-state index in [-0.39, 0.29) is 22.3 Å². The van der Waals surface area contributed by atoms with Gasteiger partial charge in [-0.25, -0.2) is 0 Å². The highest BCUT2D eigenvalue weighted by Gasteiger charge is 2.79. The molecule has 2 saturated carbocycles. The molecule has 1 saturated heterocycles. The minimum absolute atomic E-state index is 0.0718. The van der Waals surface area contributed by atoms with Crippen LogP contribution in [0.15, 0.2) is 12.2 Å². The van der Waals surface area contributed by atoms with Crippen LogP contribution in [0.5, 0.6) is 0 Å². The standard InChI is InChI=1S/C15H22O2/c1-9(2)10-11-12(16)13(3,4)6-7-15(11)14(10,5)8-17-15/h10-11H,1,6-8H2,2-5H3. The van der Waals surface area contributed by atoms with Crippen molar-refractivity contribution < 1.29 is 9.53 Å². The number of hydrogen-bond donors (Lipinski definition) is 0. The summed E-state index contributed by atoms with van der Waals surface area (Å²) in [5.41, 5.74) is 1.02. The van der Waals surface area contributed by atoms with Crippen molar-refractivity contribution in [1.29, 1.82) is 0 Å². The molecule has 4 atom stereocenters. The molecule has 1 heterocycles. The first-order valence-electron chi connectivity index (χ1n) is 6.60. The molecule has 0 aromatic carbocycles. The molecule has 2 nitrogen and oxygen atoms in total. The number of carbonyl (C=O) groups is 1. The largest absolute Gasteiger partial charge is 0.373 e. The molecule has 17 heavy (non-hydrogen) atoms. The fourth-order valence-corrected chi connectivity index (χ4v) is 4.57. The molecule has 0 N–H and O–H groups in total. The summed E-state index contributed by atoms with van der Waals surface area (Å²) in [6.07, 6.45) is 2.00. The van der Waals surface area contributed by atoms with Crippen molar-refractivity contribution in [1.82, 2.24) is 0 Å².